The van der Waals surface area contributed by atoms with Gasteiger partial charge in [-0.1, -0.05) is 19.1 Å². The zero-order valence-corrected chi connectivity index (χ0v) is 18.9. The number of anilines is 1. The van der Waals surface area contributed by atoms with Crippen LogP contribution in [-0.4, -0.2) is 45.5 Å². The summed E-state index contributed by atoms with van der Waals surface area (Å²) in [5, 5.41) is 3.25. The molecule has 3 rings (SSSR count). The third-order valence-electron chi connectivity index (χ3n) is 5.98. The molecule has 0 amide bonds. The van der Waals surface area contributed by atoms with E-state index in [1.54, 1.807) is 6.92 Å². The second-order valence-corrected chi connectivity index (χ2v) is 8.24. The van der Waals surface area contributed by atoms with Crippen LogP contribution in [0.3, 0.4) is 0 Å². The fourth-order valence-corrected chi connectivity index (χ4v) is 4.46. The van der Waals surface area contributed by atoms with Crippen LogP contribution in [0.2, 0.25) is 0 Å². The molecule has 1 N–H and O–H groups in total. The number of ketones is 1. The third kappa shape index (κ3) is 4.09. The molecule has 0 aromatic heterocycles. The minimum atomic E-state index is -0.893. The molecule has 0 saturated heterocycles. The van der Waals surface area contributed by atoms with E-state index in [4.69, 9.17) is 9.47 Å². The number of hydrogen-bond acceptors (Lipinski definition) is 7. The van der Waals surface area contributed by atoms with Gasteiger partial charge in [-0.3, -0.25) is 9.59 Å². The van der Waals surface area contributed by atoms with Crippen LogP contribution >= 0.6 is 0 Å². The number of hydrogen-bond donors (Lipinski definition) is 1. The summed E-state index contributed by atoms with van der Waals surface area (Å²) in [6, 6.07) is 7.73. The molecule has 1 heterocycles. The maximum absolute atomic E-state index is 13.6. The molecule has 0 radical (unpaired) electrons. The predicted octanol–water partition coefficient (Wildman–Crippen LogP) is 2.93. The van der Waals surface area contributed by atoms with Crippen LogP contribution < -0.4 is 10.2 Å². The lowest BCUT2D eigenvalue weighted by Crippen LogP contribution is -2.43. The van der Waals surface area contributed by atoms with Crippen LogP contribution in [0.4, 0.5) is 5.69 Å². The van der Waals surface area contributed by atoms with E-state index in [2.05, 4.69) is 5.32 Å². The zero-order chi connectivity index (χ0) is 22.9. The second kappa shape index (κ2) is 8.96. The molecule has 0 spiro atoms. The van der Waals surface area contributed by atoms with Gasteiger partial charge in [-0.2, -0.15) is 0 Å². The molecule has 0 unspecified atom stereocenters. The summed E-state index contributed by atoms with van der Waals surface area (Å²) in [5.74, 6) is -3.03. The van der Waals surface area contributed by atoms with Gasteiger partial charge in [0.05, 0.1) is 19.3 Å². The summed E-state index contributed by atoms with van der Waals surface area (Å²) in [7, 11) is 5.18. The number of benzene rings is 1. The lowest BCUT2D eigenvalue weighted by atomic mass is 9.69. The molecular weight excluding hydrogens is 396 g/mol. The van der Waals surface area contributed by atoms with Crippen molar-refractivity contribution in [2.45, 2.75) is 33.1 Å². The zero-order valence-electron chi connectivity index (χ0n) is 18.9. The molecule has 7 nitrogen and oxygen atoms in total. The standard InChI is InChI=1S/C24H30N2O5/c1-7-31-24(29)19-14(3)25-17-12-13(2)18(23(28)30-6)22(27)21(17)20(19)15-8-10-16(11-9-15)26(4)5/h8-11,13,18,20,25H,7,12H2,1-6H3/t13-,18-,20+/m1/s1. The summed E-state index contributed by atoms with van der Waals surface area (Å²) < 4.78 is 10.2. The lowest BCUT2D eigenvalue weighted by Gasteiger charge is -2.38. The van der Waals surface area contributed by atoms with Crippen molar-refractivity contribution in [1.82, 2.24) is 5.32 Å². The smallest absolute Gasteiger partial charge is 0.336 e. The minimum Gasteiger partial charge on any atom is -0.468 e. The van der Waals surface area contributed by atoms with Crippen LogP contribution in [-0.2, 0) is 23.9 Å². The summed E-state index contributed by atoms with van der Waals surface area (Å²) in [5.41, 5.74) is 4.06. The third-order valence-corrected chi connectivity index (χ3v) is 5.98. The Bertz CT molecular complexity index is 959. The molecule has 0 fully saturated rings. The number of carbonyl (C=O) groups is 3. The molecule has 3 atom stereocenters. The average molecular weight is 427 g/mol. The van der Waals surface area contributed by atoms with Gasteiger partial charge in [0, 0.05) is 42.7 Å². The van der Waals surface area contributed by atoms with Crippen LogP contribution in [0, 0.1) is 11.8 Å². The quantitative estimate of drug-likeness (QED) is 0.572. The fraction of sp³-hybridized carbons (Fsp3) is 0.458. The summed E-state index contributed by atoms with van der Waals surface area (Å²) in [6.45, 7) is 5.66. The highest BCUT2D eigenvalue weighted by atomic mass is 16.5. The molecule has 1 aromatic carbocycles. The Kier molecular flexibility index (Phi) is 6.53. The number of methoxy groups -OCH3 is 1. The number of carbonyl (C=O) groups excluding carboxylic acids is 3. The Morgan fingerprint density at radius 2 is 1.84 bits per heavy atom. The monoisotopic (exact) mass is 426 g/mol. The van der Waals surface area contributed by atoms with Gasteiger partial charge in [0.15, 0.2) is 5.78 Å². The molecular formula is C24H30N2O5. The van der Waals surface area contributed by atoms with Gasteiger partial charge >= 0.3 is 11.9 Å². The van der Waals surface area contributed by atoms with Crippen LogP contribution in [0.15, 0.2) is 46.8 Å². The normalized spacial score (nSPS) is 23.2. The summed E-state index contributed by atoms with van der Waals surface area (Å²) in [6.07, 6.45) is 0.514. The summed E-state index contributed by atoms with van der Waals surface area (Å²) in [4.78, 5) is 40.9. The van der Waals surface area contributed by atoms with Crippen molar-refractivity contribution in [1.29, 1.82) is 0 Å². The van der Waals surface area contributed by atoms with E-state index < -0.39 is 23.8 Å². The van der Waals surface area contributed by atoms with Gasteiger partial charge in [0.1, 0.15) is 5.92 Å². The van der Waals surface area contributed by atoms with Gasteiger partial charge in [0.2, 0.25) is 0 Å². The van der Waals surface area contributed by atoms with E-state index in [0.29, 0.717) is 23.3 Å². The molecule has 1 aliphatic carbocycles. The summed E-state index contributed by atoms with van der Waals surface area (Å²) >= 11 is 0. The first-order valence-electron chi connectivity index (χ1n) is 10.5. The van der Waals surface area contributed by atoms with E-state index >= 15 is 0 Å². The van der Waals surface area contributed by atoms with Crippen LogP contribution in [0.5, 0.6) is 0 Å². The van der Waals surface area contributed by atoms with E-state index in [9.17, 15) is 14.4 Å². The maximum atomic E-state index is 13.6. The highest BCUT2D eigenvalue weighted by Crippen LogP contribution is 2.45. The Morgan fingerprint density at radius 1 is 1.19 bits per heavy atom. The molecule has 0 saturated carbocycles. The van der Waals surface area contributed by atoms with Crippen molar-refractivity contribution in [3.8, 4) is 0 Å². The number of nitrogens with one attached hydrogen (secondary N) is 1. The van der Waals surface area contributed by atoms with Gasteiger partial charge in [-0.25, -0.2) is 4.79 Å². The number of allylic oxidation sites excluding steroid dienone is 3. The van der Waals surface area contributed by atoms with Crippen molar-refractivity contribution in [2.24, 2.45) is 11.8 Å². The Morgan fingerprint density at radius 3 is 2.39 bits per heavy atom. The number of esters is 2. The topological polar surface area (TPSA) is 84.9 Å². The van der Waals surface area contributed by atoms with Crippen molar-refractivity contribution in [3.05, 3.63) is 52.4 Å². The van der Waals surface area contributed by atoms with Gasteiger partial charge in [-0.05, 0) is 43.9 Å². The highest BCUT2D eigenvalue weighted by molar-refractivity contribution is 6.12. The fourth-order valence-electron chi connectivity index (χ4n) is 4.46. The van der Waals surface area contributed by atoms with E-state index in [1.807, 2.05) is 57.1 Å². The number of Topliss-reactive ketones (excluding diaryl/α,β-unsaturated/α-hetero) is 1. The molecule has 1 aliphatic heterocycles. The van der Waals surface area contributed by atoms with E-state index in [-0.39, 0.29) is 18.3 Å². The first-order chi connectivity index (χ1) is 14.7. The van der Waals surface area contributed by atoms with Gasteiger partial charge in [-0.15, -0.1) is 0 Å². The van der Waals surface area contributed by atoms with Crippen LogP contribution in [0.25, 0.3) is 0 Å². The van der Waals surface area contributed by atoms with E-state index in [0.717, 1.165) is 16.9 Å². The second-order valence-electron chi connectivity index (χ2n) is 8.24. The number of rotatable bonds is 5. The number of dihydropyridines is 1. The first kappa shape index (κ1) is 22.6. The highest BCUT2D eigenvalue weighted by Gasteiger charge is 2.47. The lowest BCUT2D eigenvalue weighted by molar-refractivity contribution is -0.151. The Balaban J connectivity index is 2.17. The van der Waals surface area contributed by atoms with Crippen molar-refractivity contribution in [2.75, 3.05) is 32.7 Å². The van der Waals surface area contributed by atoms with E-state index in [1.165, 1.54) is 7.11 Å². The van der Waals surface area contributed by atoms with Gasteiger partial charge < -0.3 is 19.7 Å². The Hall–Kier alpha value is -3.09. The first-order valence-corrected chi connectivity index (χ1v) is 10.5. The minimum absolute atomic E-state index is 0.208. The average Bonchev–Trinajstić information content (AvgIpc) is 2.72. The Labute approximate surface area is 183 Å². The SMILES string of the molecule is CCOC(=O)C1=C(C)NC2=C(C(=O)[C@H](C(=O)OC)[C@H](C)C2)[C@H]1c1ccc(N(C)C)cc1. The van der Waals surface area contributed by atoms with Crippen molar-refractivity contribution < 1.29 is 23.9 Å². The molecule has 7 heteroatoms. The van der Waals surface area contributed by atoms with Crippen molar-refractivity contribution in [3.63, 3.8) is 0 Å². The number of ether oxygens (including phenoxy) is 2. The molecule has 0 bridgehead atoms. The van der Waals surface area contributed by atoms with Crippen LogP contribution in [0.1, 0.15) is 38.7 Å². The van der Waals surface area contributed by atoms with Crippen molar-refractivity contribution >= 4 is 23.4 Å². The molecule has 2 aliphatic rings. The number of nitrogens with zero attached hydrogens (tertiary/aromatic N) is 1. The molecule has 166 valence electrons. The molecule has 1 aromatic rings. The predicted molar refractivity (Wildman–Crippen MR) is 117 cm³/mol. The molecule has 31 heavy (non-hydrogen) atoms. The largest absolute Gasteiger partial charge is 0.468 e. The van der Waals surface area contributed by atoms with Gasteiger partial charge in [0.25, 0.3) is 0 Å². The maximum Gasteiger partial charge on any atom is 0.336 e.